The number of amides is 3. The van der Waals surface area contributed by atoms with Crippen molar-refractivity contribution in [2.75, 3.05) is 12.3 Å². The summed E-state index contributed by atoms with van der Waals surface area (Å²) in [6.07, 6.45) is 8.73. The topological polar surface area (TPSA) is 82.6 Å². The van der Waals surface area contributed by atoms with Crippen LogP contribution in [-0.4, -0.2) is 50.8 Å². The van der Waals surface area contributed by atoms with Crippen LogP contribution >= 0.6 is 11.8 Å². The van der Waals surface area contributed by atoms with Crippen LogP contribution in [0.25, 0.3) is 0 Å². The van der Waals surface area contributed by atoms with Crippen LogP contribution in [0.5, 0.6) is 0 Å². The molecule has 1 fully saturated rings. The minimum absolute atomic E-state index is 0.103. The minimum Gasteiger partial charge on any atom is -0.322 e. The quantitative estimate of drug-likeness (QED) is 0.295. The number of hydrogen-bond donors (Lipinski definition) is 1. The molecule has 0 spiro atoms. The highest BCUT2D eigenvalue weighted by Crippen LogP contribution is 2.34. The normalized spacial score (nSPS) is 19.5. The standard InChI is InChI=1S/C28H34N4O3S/c1-19-14-20-16-31(18-23(20)29-15-19)12-5-3-2-4-6-13-36-25-9-7-8-21-22(25)17-32(28(21)35)24-10-11-26(33)30-27(24)34/h7-9,14-15,24H,2-6,10-13,16-18H2,1H3,(H,30,33,34). The number of benzene rings is 1. The van der Waals surface area contributed by atoms with Gasteiger partial charge in [0.25, 0.3) is 5.91 Å². The number of carbonyl (C=O) groups excluding carboxylic acids is 3. The van der Waals surface area contributed by atoms with E-state index in [2.05, 4.69) is 34.3 Å². The summed E-state index contributed by atoms with van der Waals surface area (Å²) in [6, 6.07) is 7.57. The molecule has 3 amide bonds. The van der Waals surface area contributed by atoms with Gasteiger partial charge in [-0.1, -0.05) is 31.4 Å². The van der Waals surface area contributed by atoms with Crippen molar-refractivity contribution in [1.29, 1.82) is 0 Å². The lowest BCUT2D eigenvalue weighted by molar-refractivity contribution is -0.136. The molecule has 36 heavy (non-hydrogen) atoms. The van der Waals surface area contributed by atoms with E-state index >= 15 is 0 Å². The lowest BCUT2D eigenvalue weighted by Crippen LogP contribution is -2.52. The third kappa shape index (κ3) is 5.49. The second-order valence-electron chi connectivity index (χ2n) is 10.1. The Hall–Kier alpha value is -2.71. The van der Waals surface area contributed by atoms with E-state index in [0.717, 1.165) is 42.3 Å². The fraction of sp³-hybridized carbons (Fsp3) is 0.500. The average Bonchev–Trinajstić information content (AvgIpc) is 3.41. The van der Waals surface area contributed by atoms with Gasteiger partial charge < -0.3 is 4.90 Å². The van der Waals surface area contributed by atoms with Crippen LogP contribution in [0.1, 0.15) is 77.7 Å². The number of aromatic nitrogens is 1. The number of piperidine rings is 1. The Labute approximate surface area is 217 Å². The Balaban J connectivity index is 1.01. The van der Waals surface area contributed by atoms with Crippen molar-refractivity contribution in [3.63, 3.8) is 0 Å². The van der Waals surface area contributed by atoms with E-state index in [-0.39, 0.29) is 24.1 Å². The monoisotopic (exact) mass is 506 g/mol. The molecule has 2 aromatic rings. The van der Waals surface area contributed by atoms with Gasteiger partial charge in [0.05, 0.1) is 5.69 Å². The van der Waals surface area contributed by atoms with Gasteiger partial charge in [0.1, 0.15) is 6.04 Å². The molecule has 1 aromatic carbocycles. The smallest absolute Gasteiger partial charge is 0.255 e. The highest BCUT2D eigenvalue weighted by molar-refractivity contribution is 7.99. The molecule has 0 aliphatic carbocycles. The first kappa shape index (κ1) is 25.0. The maximum Gasteiger partial charge on any atom is 0.255 e. The van der Waals surface area contributed by atoms with E-state index < -0.39 is 6.04 Å². The summed E-state index contributed by atoms with van der Waals surface area (Å²) in [4.78, 5) is 46.6. The summed E-state index contributed by atoms with van der Waals surface area (Å²) in [5.74, 6) is 0.303. The molecule has 4 heterocycles. The van der Waals surface area contributed by atoms with Gasteiger partial charge in [-0.3, -0.25) is 29.6 Å². The molecule has 1 N–H and O–H groups in total. The van der Waals surface area contributed by atoms with Crippen LogP contribution in [0.4, 0.5) is 0 Å². The first-order chi connectivity index (χ1) is 17.5. The second-order valence-corrected chi connectivity index (χ2v) is 11.3. The third-order valence-electron chi connectivity index (χ3n) is 7.38. The van der Waals surface area contributed by atoms with E-state index in [1.165, 1.54) is 42.5 Å². The van der Waals surface area contributed by atoms with Gasteiger partial charge in [0.15, 0.2) is 0 Å². The van der Waals surface area contributed by atoms with Crippen molar-refractivity contribution in [2.45, 2.75) is 82.4 Å². The van der Waals surface area contributed by atoms with Crippen LogP contribution < -0.4 is 5.32 Å². The number of rotatable bonds is 10. The first-order valence-corrected chi connectivity index (χ1v) is 14.0. The molecule has 1 aromatic heterocycles. The molecule has 5 rings (SSSR count). The Kier molecular flexibility index (Phi) is 7.72. The summed E-state index contributed by atoms with van der Waals surface area (Å²) in [7, 11) is 0. The lowest BCUT2D eigenvalue weighted by Gasteiger charge is -2.29. The summed E-state index contributed by atoms with van der Waals surface area (Å²) in [6.45, 7) is 5.70. The van der Waals surface area contributed by atoms with Crippen LogP contribution in [0.15, 0.2) is 35.4 Å². The van der Waals surface area contributed by atoms with Gasteiger partial charge in [0, 0.05) is 42.7 Å². The zero-order valence-electron chi connectivity index (χ0n) is 20.9. The Morgan fingerprint density at radius 1 is 1.06 bits per heavy atom. The Bertz CT molecular complexity index is 1170. The van der Waals surface area contributed by atoms with Crippen molar-refractivity contribution in [2.24, 2.45) is 0 Å². The number of thioether (sulfide) groups is 1. The van der Waals surface area contributed by atoms with E-state index in [1.807, 2.05) is 30.1 Å². The van der Waals surface area contributed by atoms with Crippen LogP contribution in [0.3, 0.4) is 0 Å². The van der Waals surface area contributed by atoms with Gasteiger partial charge in [0.2, 0.25) is 11.8 Å². The lowest BCUT2D eigenvalue weighted by atomic mass is 10.0. The molecular weight excluding hydrogens is 472 g/mol. The summed E-state index contributed by atoms with van der Waals surface area (Å²) in [5.41, 5.74) is 5.59. The number of imide groups is 1. The number of aryl methyl sites for hydroxylation is 1. The van der Waals surface area contributed by atoms with Crippen molar-refractivity contribution >= 4 is 29.5 Å². The van der Waals surface area contributed by atoms with Crippen LogP contribution in [0, 0.1) is 6.92 Å². The Morgan fingerprint density at radius 2 is 1.89 bits per heavy atom. The van der Waals surface area contributed by atoms with E-state index in [0.29, 0.717) is 18.5 Å². The number of carbonyl (C=O) groups is 3. The van der Waals surface area contributed by atoms with Gasteiger partial charge in [-0.05, 0) is 67.3 Å². The predicted octanol–water partition coefficient (Wildman–Crippen LogP) is 4.21. The summed E-state index contributed by atoms with van der Waals surface area (Å²) in [5, 5.41) is 2.37. The number of unbranched alkanes of at least 4 members (excludes halogenated alkanes) is 4. The number of pyridine rings is 1. The first-order valence-electron chi connectivity index (χ1n) is 13.1. The fourth-order valence-electron chi connectivity index (χ4n) is 5.45. The molecule has 0 saturated carbocycles. The van der Waals surface area contributed by atoms with Gasteiger partial charge in [-0.15, -0.1) is 11.8 Å². The molecule has 7 nitrogen and oxygen atoms in total. The molecule has 190 valence electrons. The molecule has 1 atom stereocenters. The minimum atomic E-state index is -0.560. The SMILES string of the molecule is Cc1cnc2c(c1)CN(CCCCCCCSc1cccc3c1CN(C1CCC(=O)NC1=O)C3=O)C2. The van der Waals surface area contributed by atoms with E-state index in [1.54, 1.807) is 4.90 Å². The highest BCUT2D eigenvalue weighted by Gasteiger charge is 2.39. The third-order valence-corrected chi connectivity index (χ3v) is 8.57. The summed E-state index contributed by atoms with van der Waals surface area (Å²) >= 11 is 1.81. The van der Waals surface area contributed by atoms with Gasteiger partial charge in [-0.25, -0.2) is 0 Å². The number of fused-ring (bicyclic) bond motifs is 2. The molecule has 3 aliphatic heterocycles. The molecule has 8 heteroatoms. The number of nitrogens with zero attached hydrogens (tertiary/aromatic N) is 3. The summed E-state index contributed by atoms with van der Waals surface area (Å²) < 4.78 is 0. The van der Waals surface area contributed by atoms with Gasteiger partial charge in [-0.2, -0.15) is 0 Å². The molecule has 0 radical (unpaired) electrons. The molecule has 1 saturated heterocycles. The average molecular weight is 507 g/mol. The van der Waals surface area contributed by atoms with Crippen molar-refractivity contribution in [3.8, 4) is 0 Å². The second kappa shape index (κ2) is 11.1. The molecule has 1 unspecified atom stereocenters. The maximum atomic E-state index is 13.0. The van der Waals surface area contributed by atoms with Gasteiger partial charge >= 0.3 is 0 Å². The molecule has 0 bridgehead atoms. The predicted molar refractivity (Wildman–Crippen MR) is 139 cm³/mol. The zero-order valence-corrected chi connectivity index (χ0v) is 21.7. The maximum absolute atomic E-state index is 13.0. The van der Waals surface area contributed by atoms with E-state index in [9.17, 15) is 14.4 Å². The van der Waals surface area contributed by atoms with Crippen molar-refractivity contribution in [1.82, 2.24) is 20.1 Å². The van der Waals surface area contributed by atoms with Crippen molar-refractivity contribution in [3.05, 3.63) is 58.4 Å². The Morgan fingerprint density at radius 3 is 2.75 bits per heavy atom. The zero-order chi connectivity index (χ0) is 25.1. The van der Waals surface area contributed by atoms with Crippen molar-refractivity contribution < 1.29 is 14.4 Å². The fourth-order valence-corrected chi connectivity index (χ4v) is 6.54. The van der Waals surface area contributed by atoms with E-state index in [4.69, 9.17) is 0 Å². The largest absolute Gasteiger partial charge is 0.322 e. The number of nitrogens with one attached hydrogen (secondary N) is 1. The highest BCUT2D eigenvalue weighted by atomic mass is 32.2. The number of hydrogen-bond acceptors (Lipinski definition) is 6. The van der Waals surface area contributed by atoms with Crippen LogP contribution in [0.2, 0.25) is 0 Å². The molecule has 3 aliphatic rings. The molecular formula is C28H34N4O3S. The van der Waals surface area contributed by atoms with Crippen LogP contribution in [-0.2, 0) is 29.2 Å².